The normalized spacial score (nSPS) is 32.6. The highest BCUT2D eigenvalue weighted by atomic mass is 16.5. The van der Waals surface area contributed by atoms with E-state index in [9.17, 15) is 4.79 Å². The number of piperidine rings is 1. The Hall–Kier alpha value is -1.99. The summed E-state index contributed by atoms with van der Waals surface area (Å²) in [6.45, 7) is 1.80. The minimum absolute atomic E-state index is 0.112. The quantitative estimate of drug-likeness (QED) is 0.851. The van der Waals surface area contributed by atoms with Gasteiger partial charge in [0.2, 0.25) is 11.4 Å². The van der Waals surface area contributed by atoms with Crippen LogP contribution in [0.3, 0.4) is 0 Å². The Morgan fingerprint density at radius 2 is 2.17 bits per heavy atom. The van der Waals surface area contributed by atoms with Crippen LogP contribution in [-0.2, 0) is 4.74 Å². The molecule has 3 fully saturated rings. The Bertz CT molecular complexity index is 777. The van der Waals surface area contributed by atoms with Crippen molar-refractivity contribution in [2.24, 2.45) is 0 Å². The van der Waals surface area contributed by atoms with Gasteiger partial charge in [-0.25, -0.2) is 4.98 Å². The Morgan fingerprint density at radius 3 is 3.00 bits per heavy atom. The van der Waals surface area contributed by atoms with Gasteiger partial charge in [-0.2, -0.15) is 0 Å². The fraction of sp³-hybridized carbons (Fsp3) is 0.588. The lowest BCUT2D eigenvalue weighted by atomic mass is 9.85. The maximum Gasteiger partial charge on any atom is 0.293 e. The van der Waals surface area contributed by atoms with Crippen molar-refractivity contribution < 1.29 is 14.1 Å². The molecule has 0 aromatic carbocycles. The minimum Gasteiger partial charge on any atom is -0.371 e. The van der Waals surface area contributed by atoms with Crippen LogP contribution in [-0.4, -0.2) is 58.3 Å². The molecule has 3 aliphatic heterocycles. The number of carbonyl (C=O) groups excluding carboxylic acids is 1. The summed E-state index contributed by atoms with van der Waals surface area (Å²) in [5.41, 5.74) is 0.266. The molecule has 1 amide bonds. The number of carbonyl (C=O) groups is 1. The molecular formula is C17H20N4O3. The SMILES string of the molecule is O=C(c1onc2ncccc12)N1CCOC2(C[C@H]3CC[C@@H](C2)N3)C1. The number of hydrogen-bond acceptors (Lipinski definition) is 6. The van der Waals surface area contributed by atoms with Gasteiger partial charge in [0.05, 0.1) is 24.1 Å². The van der Waals surface area contributed by atoms with E-state index in [-0.39, 0.29) is 17.3 Å². The second kappa shape index (κ2) is 5.26. The highest BCUT2D eigenvalue weighted by Crippen LogP contribution is 2.38. The van der Waals surface area contributed by atoms with Crippen molar-refractivity contribution in [3.05, 3.63) is 24.1 Å². The van der Waals surface area contributed by atoms with Gasteiger partial charge in [-0.05, 0) is 37.8 Å². The first kappa shape index (κ1) is 14.4. The van der Waals surface area contributed by atoms with E-state index in [2.05, 4.69) is 15.5 Å². The lowest BCUT2D eigenvalue weighted by Gasteiger charge is -2.47. The standard InChI is InChI=1S/C17H20N4O3/c22-16(14-13-2-1-5-18-15(13)20-24-14)21-6-7-23-17(10-21)8-11-3-4-12(9-17)19-11/h1-2,5,11-12,19H,3-4,6-10H2/t11-,12+,17?. The second-order valence-corrected chi connectivity index (χ2v) is 7.19. The summed E-state index contributed by atoms with van der Waals surface area (Å²) in [7, 11) is 0. The third-order valence-corrected chi connectivity index (χ3v) is 5.56. The van der Waals surface area contributed by atoms with E-state index in [0.717, 1.165) is 12.8 Å². The van der Waals surface area contributed by atoms with E-state index in [0.29, 0.717) is 42.8 Å². The molecule has 2 aromatic heterocycles. The molecule has 3 atom stereocenters. The first-order chi connectivity index (χ1) is 11.7. The van der Waals surface area contributed by atoms with E-state index in [1.165, 1.54) is 12.8 Å². The molecule has 2 bridgehead atoms. The van der Waals surface area contributed by atoms with Crippen LogP contribution in [0.2, 0.25) is 0 Å². The molecule has 0 radical (unpaired) electrons. The van der Waals surface area contributed by atoms with Gasteiger partial charge in [-0.1, -0.05) is 5.16 Å². The number of morpholine rings is 1. The number of amides is 1. The zero-order chi connectivity index (χ0) is 16.1. The highest BCUT2D eigenvalue weighted by molar-refractivity contribution is 6.02. The molecule has 1 unspecified atom stereocenters. The van der Waals surface area contributed by atoms with Crippen molar-refractivity contribution in [3.8, 4) is 0 Å². The van der Waals surface area contributed by atoms with Gasteiger partial charge in [0.15, 0.2) is 0 Å². The smallest absolute Gasteiger partial charge is 0.293 e. The topological polar surface area (TPSA) is 80.5 Å². The third-order valence-electron chi connectivity index (χ3n) is 5.56. The summed E-state index contributed by atoms with van der Waals surface area (Å²) in [6.07, 6.45) is 6.02. The second-order valence-electron chi connectivity index (χ2n) is 7.19. The van der Waals surface area contributed by atoms with Gasteiger partial charge >= 0.3 is 0 Å². The van der Waals surface area contributed by atoms with Crippen LogP contribution in [0.4, 0.5) is 0 Å². The Kier molecular flexibility index (Phi) is 3.14. The molecule has 2 aromatic rings. The average Bonchev–Trinajstić information content (AvgIpc) is 3.18. The summed E-state index contributed by atoms with van der Waals surface area (Å²) >= 11 is 0. The van der Waals surface area contributed by atoms with Crippen LogP contribution < -0.4 is 5.32 Å². The zero-order valence-corrected chi connectivity index (χ0v) is 13.4. The van der Waals surface area contributed by atoms with E-state index in [1.807, 2.05) is 11.0 Å². The van der Waals surface area contributed by atoms with E-state index in [4.69, 9.17) is 9.26 Å². The van der Waals surface area contributed by atoms with Crippen LogP contribution in [0.25, 0.3) is 11.0 Å². The van der Waals surface area contributed by atoms with E-state index in [1.54, 1.807) is 12.3 Å². The summed E-state index contributed by atoms with van der Waals surface area (Å²) in [5.74, 6) is 0.172. The maximum absolute atomic E-state index is 13.0. The predicted molar refractivity (Wildman–Crippen MR) is 85.6 cm³/mol. The molecule has 126 valence electrons. The molecule has 24 heavy (non-hydrogen) atoms. The van der Waals surface area contributed by atoms with Gasteiger partial charge in [-0.3, -0.25) is 4.79 Å². The largest absolute Gasteiger partial charge is 0.371 e. The molecule has 3 saturated heterocycles. The number of nitrogens with zero attached hydrogens (tertiary/aromatic N) is 3. The van der Waals surface area contributed by atoms with Crippen molar-refractivity contribution >= 4 is 16.9 Å². The van der Waals surface area contributed by atoms with Crippen LogP contribution in [0.1, 0.15) is 36.2 Å². The molecule has 7 nitrogen and oxygen atoms in total. The average molecular weight is 328 g/mol. The fourth-order valence-corrected chi connectivity index (χ4v) is 4.55. The van der Waals surface area contributed by atoms with Gasteiger partial charge in [0, 0.05) is 24.8 Å². The van der Waals surface area contributed by atoms with Gasteiger partial charge in [0.25, 0.3) is 5.91 Å². The molecular weight excluding hydrogens is 308 g/mol. The number of aromatic nitrogens is 2. The third kappa shape index (κ3) is 2.22. The van der Waals surface area contributed by atoms with E-state index >= 15 is 0 Å². The zero-order valence-electron chi connectivity index (χ0n) is 13.4. The first-order valence-corrected chi connectivity index (χ1v) is 8.62. The van der Waals surface area contributed by atoms with Crippen molar-refractivity contribution in [3.63, 3.8) is 0 Å². The van der Waals surface area contributed by atoms with Crippen LogP contribution in [0.5, 0.6) is 0 Å². The van der Waals surface area contributed by atoms with Crippen molar-refractivity contribution in [2.75, 3.05) is 19.7 Å². The van der Waals surface area contributed by atoms with Crippen LogP contribution in [0, 0.1) is 0 Å². The molecule has 0 saturated carbocycles. The summed E-state index contributed by atoms with van der Waals surface area (Å²) < 4.78 is 11.5. The number of pyridine rings is 1. The Balaban J connectivity index is 1.41. The number of nitrogens with one attached hydrogen (secondary N) is 1. The van der Waals surface area contributed by atoms with Gasteiger partial charge in [0.1, 0.15) is 0 Å². The van der Waals surface area contributed by atoms with Crippen molar-refractivity contribution in [1.82, 2.24) is 20.4 Å². The van der Waals surface area contributed by atoms with Gasteiger partial charge < -0.3 is 19.5 Å². The molecule has 3 aliphatic rings. The molecule has 1 N–H and O–H groups in total. The van der Waals surface area contributed by atoms with E-state index < -0.39 is 0 Å². The monoisotopic (exact) mass is 328 g/mol. The Labute approximate surface area is 139 Å². The number of ether oxygens (including phenoxy) is 1. The van der Waals surface area contributed by atoms with Crippen molar-refractivity contribution in [1.29, 1.82) is 0 Å². The molecule has 0 aliphatic carbocycles. The fourth-order valence-electron chi connectivity index (χ4n) is 4.55. The summed E-state index contributed by atoms with van der Waals surface area (Å²) in [6, 6.07) is 4.66. The minimum atomic E-state index is -0.209. The van der Waals surface area contributed by atoms with Gasteiger partial charge in [-0.15, -0.1) is 0 Å². The first-order valence-electron chi connectivity index (χ1n) is 8.62. The molecule has 5 heterocycles. The Morgan fingerprint density at radius 1 is 1.33 bits per heavy atom. The van der Waals surface area contributed by atoms with Crippen LogP contribution >= 0.6 is 0 Å². The lowest BCUT2D eigenvalue weighted by Crippen LogP contribution is -2.60. The summed E-state index contributed by atoms with van der Waals surface area (Å²) in [4.78, 5) is 19.0. The predicted octanol–water partition coefficient (Wildman–Crippen LogP) is 1.35. The molecule has 5 rings (SSSR count). The van der Waals surface area contributed by atoms with Crippen LogP contribution in [0.15, 0.2) is 22.9 Å². The number of hydrogen-bond donors (Lipinski definition) is 1. The number of rotatable bonds is 1. The van der Waals surface area contributed by atoms with Crippen molar-refractivity contribution in [2.45, 2.75) is 43.4 Å². The lowest BCUT2D eigenvalue weighted by molar-refractivity contribution is -0.123. The summed E-state index contributed by atoms with van der Waals surface area (Å²) in [5, 5.41) is 8.21. The number of fused-ring (bicyclic) bond motifs is 3. The maximum atomic E-state index is 13.0. The highest BCUT2D eigenvalue weighted by Gasteiger charge is 2.48. The molecule has 7 heteroatoms. The molecule has 1 spiro atoms.